The van der Waals surface area contributed by atoms with Crippen molar-refractivity contribution in [1.82, 2.24) is 10.6 Å². The fourth-order valence-corrected chi connectivity index (χ4v) is 2.77. The van der Waals surface area contributed by atoms with Gasteiger partial charge in [0.1, 0.15) is 6.61 Å². The molecule has 1 aliphatic heterocycles. The minimum Gasteiger partial charge on any atom is -0.460 e. The molecule has 2 N–H and O–H groups in total. The average molecular weight is 294 g/mol. The molecule has 1 aliphatic carbocycles. The maximum absolute atomic E-state index is 12.3. The Labute approximate surface area is 124 Å². The molecule has 6 nitrogen and oxygen atoms in total. The maximum atomic E-state index is 12.3. The van der Waals surface area contributed by atoms with Crippen molar-refractivity contribution < 1.29 is 19.1 Å². The molecule has 0 aromatic rings. The molecule has 2 aliphatic rings. The van der Waals surface area contributed by atoms with Crippen LogP contribution in [0.2, 0.25) is 0 Å². The van der Waals surface area contributed by atoms with Gasteiger partial charge in [0.05, 0.1) is 18.2 Å². The molecule has 21 heavy (non-hydrogen) atoms. The summed E-state index contributed by atoms with van der Waals surface area (Å²) >= 11 is 0. The van der Waals surface area contributed by atoms with Crippen molar-refractivity contribution in [1.29, 1.82) is 0 Å². The zero-order valence-electron chi connectivity index (χ0n) is 12.5. The van der Waals surface area contributed by atoms with Crippen LogP contribution < -0.4 is 10.6 Å². The molecule has 2 atom stereocenters. The summed E-state index contributed by atoms with van der Waals surface area (Å²) in [5, 5.41) is 5.51. The number of rotatable bonds is 5. The number of amides is 2. The fraction of sp³-hybridized carbons (Fsp3) is 0.600. The molecule has 6 heteroatoms. The lowest BCUT2D eigenvalue weighted by molar-refractivity contribution is -0.141. The summed E-state index contributed by atoms with van der Waals surface area (Å²) in [6, 6.07) is -0.556. The van der Waals surface area contributed by atoms with E-state index in [9.17, 15) is 9.59 Å². The second-order valence-corrected chi connectivity index (χ2v) is 5.29. The molecular formula is C15H22N2O4. The number of carbonyl (C=O) groups excluding carboxylic acids is 2. The molecule has 0 unspecified atom stereocenters. The average Bonchev–Trinajstić information content (AvgIpc) is 2.47. The van der Waals surface area contributed by atoms with E-state index in [0.717, 1.165) is 19.3 Å². The Hall–Kier alpha value is -1.82. The highest BCUT2D eigenvalue weighted by atomic mass is 16.6. The largest absolute Gasteiger partial charge is 0.460 e. The third-order valence-corrected chi connectivity index (χ3v) is 3.82. The van der Waals surface area contributed by atoms with Crippen molar-refractivity contribution in [2.24, 2.45) is 5.92 Å². The normalized spacial score (nSPS) is 25.3. The molecule has 0 bridgehead atoms. The minimum atomic E-state index is -0.392. The summed E-state index contributed by atoms with van der Waals surface area (Å²) in [5.41, 5.74) is 1.09. The van der Waals surface area contributed by atoms with Crippen molar-refractivity contribution >= 4 is 12.0 Å². The van der Waals surface area contributed by atoms with Crippen LogP contribution in [-0.4, -0.2) is 38.4 Å². The van der Waals surface area contributed by atoms with E-state index in [0.29, 0.717) is 17.9 Å². The molecule has 116 valence electrons. The Morgan fingerprint density at radius 2 is 2.19 bits per heavy atom. The van der Waals surface area contributed by atoms with Gasteiger partial charge in [-0.3, -0.25) is 0 Å². The van der Waals surface area contributed by atoms with Gasteiger partial charge < -0.3 is 20.1 Å². The number of ether oxygens (including phenoxy) is 2. The zero-order valence-corrected chi connectivity index (χ0v) is 12.5. The number of hydrogen-bond donors (Lipinski definition) is 2. The van der Waals surface area contributed by atoms with E-state index in [4.69, 9.17) is 9.47 Å². The molecule has 0 spiro atoms. The highest BCUT2D eigenvalue weighted by molar-refractivity contribution is 5.94. The van der Waals surface area contributed by atoms with Crippen LogP contribution in [0.1, 0.15) is 26.2 Å². The Kier molecular flexibility index (Phi) is 5.38. The predicted molar refractivity (Wildman–Crippen MR) is 77.5 cm³/mol. The van der Waals surface area contributed by atoms with Crippen LogP contribution >= 0.6 is 0 Å². The predicted octanol–water partition coefficient (Wildman–Crippen LogP) is 1.49. The lowest BCUT2D eigenvalue weighted by atomic mass is 9.82. The van der Waals surface area contributed by atoms with E-state index in [1.54, 1.807) is 14.0 Å². The number of hydrogen-bond acceptors (Lipinski definition) is 4. The number of methoxy groups -OCH3 is 1. The van der Waals surface area contributed by atoms with Crippen LogP contribution in [0.15, 0.2) is 23.4 Å². The van der Waals surface area contributed by atoms with E-state index in [-0.39, 0.29) is 24.6 Å². The smallest absolute Gasteiger partial charge is 0.337 e. The number of nitrogens with one attached hydrogen (secondary N) is 2. The van der Waals surface area contributed by atoms with Crippen LogP contribution in [-0.2, 0) is 14.3 Å². The van der Waals surface area contributed by atoms with Crippen LogP contribution in [0.25, 0.3) is 0 Å². The summed E-state index contributed by atoms with van der Waals surface area (Å²) in [5.74, 6) is -0.169. The maximum Gasteiger partial charge on any atom is 0.337 e. The van der Waals surface area contributed by atoms with E-state index in [1.165, 1.54) is 0 Å². The summed E-state index contributed by atoms with van der Waals surface area (Å²) in [6.07, 6.45) is 7.00. The number of esters is 1. The molecule has 0 saturated heterocycles. The molecular weight excluding hydrogens is 272 g/mol. The lowest BCUT2D eigenvalue weighted by Crippen LogP contribution is -2.53. The second-order valence-electron chi connectivity index (χ2n) is 5.29. The van der Waals surface area contributed by atoms with Gasteiger partial charge in [-0.2, -0.15) is 0 Å². The molecule has 1 heterocycles. The van der Waals surface area contributed by atoms with Gasteiger partial charge >= 0.3 is 12.0 Å². The first kappa shape index (κ1) is 15.6. The van der Waals surface area contributed by atoms with Gasteiger partial charge in [-0.05, 0) is 32.1 Å². The summed E-state index contributed by atoms with van der Waals surface area (Å²) in [4.78, 5) is 24.0. The van der Waals surface area contributed by atoms with Crippen molar-refractivity contribution in [3.63, 3.8) is 0 Å². The molecule has 2 rings (SSSR count). The van der Waals surface area contributed by atoms with E-state index in [1.807, 2.05) is 0 Å². The van der Waals surface area contributed by atoms with Gasteiger partial charge in [-0.1, -0.05) is 12.2 Å². The van der Waals surface area contributed by atoms with Crippen molar-refractivity contribution in [2.45, 2.75) is 32.2 Å². The van der Waals surface area contributed by atoms with Gasteiger partial charge in [0, 0.05) is 12.8 Å². The Morgan fingerprint density at radius 1 is 1.38 bits per heavy atom. The third-order valence-electron chi connectivity index (χ3n) is 3.82. The SMILES string of the molecule is COCCOC(=O)C1=C(C)NC(=O)N[C@@H]1[C@H]1CC=CCC1. The Bertz CT molecular complexity index is 470. The van der Waals surface area contributed by atoms with E-state index < -0.39 is 5.97 Å². The van der Waals surface area contributed by atoms with Crippen LogP contribution in [0.4, 0.5) is 4.79 Å². The third kappa shape index (κ3) is 3.85. The second kappa shape index (κ2) is 7.26. The Balaban J connectivity index is 2.15. The van der Waals surface area contributed by atoms with E-state index in [2.05, 4.69) is 22.8 Å². The molecule has 0 radical (unpaired) electrons. The topological polar surface area (TPSA) is 76.7 Å². The number of allylic oxidation sites excluding steroid dienone is 3. The van der Waals surface area contributed by atoms with Gasteiger partial charge in [-0.15, -0.1) is 0 Å². The first-order valence-corrected chi connectivity index (χ1v) is 7.22. The fourth-order valence-electron chi connectivity index (χ4n) is 2.77. The minimum absolute atomic E-state index is 0.206. The van der Waals surface area contributed by atoms with Crippen LogP contribution in [0, 0.1) is 5.92 Å². The summed E-state index contributed by atoms with van der Waals surface area (Å²) in [7, 11) is 1.55. The molecule has 0 aromatic carbocycles. The van der Waals surface area contributed by atoms with Crippen molar-refractivity contribution in [3.8, 4) is 0 Å². The first-order valence-electron chi connectivity index (χ1n) is 7.22. The highest BCUT2D eigenvalue weighted by Gasteiger charge is 2.36. The van der Waals surface area contributed by atoms with E-state index >= 15 is 0 Å². The molecule has 0 aromatic heterocycles. The van der Waals surface area contributed by atoms with Crippen LogP contribution in [0.3, 0.4) is 0 Å². The van der Waals surface area contributed by atoms with Crippen molar-refractivity contribution in [3.05, 3.63) is 23.4 Å². The summed E-state index contributed by atoms with van der Waals surface area (Å²) < 4.78 is 10.1. The molecule has 2 amide bonds. The monoisotopic (exact) mass is 294 g/mol. The lowest BCUT2D eigenvalue weighted by Gasteiger charge is -2.34. The first-order chi connectivity index (χ1) is 10.1. The highest BCUT2D eigenvalue weighted by Crippen LogP contribution is 2.29. The number of carbonyl (C=O) groups is 2. The quantitative estimate of drug-likeness (QED) is 0.457. The molecule has 0 saturated carbocycles. The Morgan fingerprint density at radius 3 is 2.86 bits per heavy atom. The zero-order chi connectivity index (χ0) is 15.2. The van der Waals surface area contributed by atoms with Gasteiger partial charge in [0.2, 0.25) is 0 Å². The standard InChI is InChI=1S/C15H22N2O4/c1-10-12(14(18)21-9-8-20-2)13(17-15(19)16-10)11-6-4-3-5-7-11/h3-4,11,13H,5-9H2,1-2H3,(H2,16,17,19)/t11-,13+/m0/s1. The van der Waals surface area contributed by atoms with Gasteiger partial charge in [-0.25, -0.2) is 9.59 Å². The summed E-state index contributed by atoms with van der Waals surface area (Å²) in [6.45, 7) is 2.29. The van der Waals surface area contributed by atoms with Crippen molar-refractivity contribution in [2.75, 3.05) is 20.3 Å². The molecule has 0 fully saturated rings. The number of urea groups is 1. The van der Waals surface area contributed by atoms with Crippen LogP contribution in [0.5, 0.6) is 0 Å². The van der Waals surface area contributed by atoms with Gasteiger partial charge in [0.25, 0.3) is 0 Å². The van der Waals surface area contributed by atoms with Gasteiger partial charge in [0.15, 0.2) is 0 Å².